The SMILES string of the molecule is CCO[C@@H](C1C[C@@H](C)[C@H]2C(O1)[C@H](O)[C@@]1(C)C3CC[C@H]4C(C)(C)[C@@H](O[C@H]5CN(C6CN(C7CCC7)C6)CCO5)CC[C@@]45C[C@@]35CC[C@]21C)C(C)(C)O. The molecule has 9 aliphatic rings. The summed E-state index contributed by atoms with van der Waals surface area (Å²) in [5.74, 6) is 1.88. The molecule has 6 aliphatic carbocycles. The first kappa shape index (κ1) is 36.3. The topological polar surface area (TPSA) is 83.9 Å². The maximum atomic E-state index is 12.7. The number of likely N-dealkylation sites (tertiary alicyclic amines) is 1. The Kier molecular flexibility index (Phi) is 8.61. The third-order valence-electron chi connectivity index (χ3n) is 18.5. The fourth-order valence-corrected chi connectivity index (χ4v) is 15.7. The van der Waals surface area contributed by atoms with Gasteiger partial charge in [0, 0.05) is 50.3 Å². The standard InChI is InChI=1S/C43H72N2O6/c1-9-48-37(39(5,6)47)29-21-26(2)34-35(50-29)36(46)41(8)31-14-13-30-38(3,4)32(15-16-42(30)25-43(31,42)18-17-40(34,41)7)51-33-24-44(19-20-49-33)28-22-45(23-28)27-11-10-12-27/h26-37,46-47H,9-25H2,1-8H3/t26-,29?,30+,31?,32+,33+,34+,35?,36+,37+,40-,41-,42-,43+/m1/s1. The molecule has 0 bridgehead atoms. The molecule has 14 atom stereocenters. The van der Waals surface area contributed by atoms with Crippen LogP contribution < -0.4 is 0 Å². The highest BCUT2D eigenvalue weighted by molar-refractivity contribution is 5.33. The Labute approximate surface area is 309 Å². The van der Waals surface area contributed by atoms with E-state index in [2.05, 4.69) is 44.4 Å². The van der Waals surface area contributed by atoms with E-state index in [-0.39, 0.29) is 40.8 Å². The second-order valence-corrected chi connectivity index (χ2v) is 21.2. The first-order valence-electron chi connectivity index (χ1n) is 21.5. The Balaban J connectivity index is 0.906. The minimum absolute atomic E-state index is 0.0270. The lowest BCUT2D eigenvalue weighted by Crippen LogP contribution is -2.66. The van der Waals surface area contributed by atoms with Crippen molar-refractivity contribution in [2.75, 3.05) is 39.4 Å². The van der Waals surface area contributed by atoms with Gasteiger partial charge in [-0.15, -0.1) is 0 Å². The summed E-state index contributed by atoms with van der Waals surface area (Å²) >= 11 is 0. The van der Waals surface area contributed by atoms with Crippen molar-refractivity contribution >= 4 is 0 Å². The second-order valence-electron chi connectivity index (χ2n) is 21.2. The van der Waals surface area contributed by atoms with Crippen LogP contribution in [0.3, 0.4) is 0 Å². The lowest BCUT2D eigenvalue weighted by Gasteiger charge is -2.64. The third-order valence-corrected chi connectivity index (χ3v) is 18.5. The Bertz CT molecular complexity index is 1330. The molecule has 0 radical (unpaired) electrons. The van der Waals surface area contributed by atoms with E-state index in [1.807, 2.05) is 20.8 Å². The zero-order valence-corrected chi connectivity index (χ0v) is 33.4. The molecule has 6 saturated carbocycles. The lowest BCUT2D eigenvalue weighted by atomic mass is 9.41. The minimum atomic E-state index is -1.01. The van der Waals surface area contributed by atoms with Crippen LogP contribution in [0.5, 0.6) is 0 Å². The molecule has 3 aliphatic heterocycles. The van der Waals surface area contributed by atoms with Gasteiger partial charge < -0.3 is 29.2 Å². The molecule has 2 N–H and O–H groups in total. The van der Waals surface area contributed by atoms with E-state index in [1.54, 1.807) is 0 Å². The fourth-order valence-electron chi connectivity index (χ4n) is 15.7. The van der Waals surface area contributed by atoms with Crippen LogP contribution in [-0.2, 0) is 18.9 Å². The number of fused-ring (bicyclic) bond motifs is 4. The molecule has 0 aromatic heterocycles. The molecule has 51 heavy (non-hydrogen) atoms. The van der Waals surface area contributed by atoms with E-state index in [0.717, 1.165) is 38.6 Å². The summed E-state index contributed by atoms with van der Waals surface area (Å²) in [6, 6.07) is 1.53. The molecule has 9 rings (SSSR count). The Morgan fingerprint density at radius 3 is 2.31 bits per heavy atom. The third kappa shape index (κ3) is 4.97. The van der Waals surface area contributed by atoms with Gasteiger partial charge in [-0.2, -0.15) is 0 Å². The molecule has 9 fully saturated rings. The van der Waals surface area contributed by atoms with Gasteiger partial charge in [0.15, 0.2) is 6.29 Å². The highest BCUT2D eigenvalue weighted by Gasteiger charge is 2.84. The van der Waals surface area contributed by atoms with E-state index in [1.165, 1.54) is 70.9 Å². The molecule has 3 heterocycles. The highest BCUT2D eigenvalue weighted by atomic mass is 16.7. The predicted molar refractivity (Wildman–Crippen MR) is 197 cm³/mol. The van der Waals surface area contributed by atoms with Crippen molar-refractivity contribution < 1.29 is 29.2 Å². The number of nitrogens with zero attached hydrogens (tertiary/aromatic N) is 2. The van der Waals surface area contributed by atoms with E-state index in [9.17, 15) is 10.2 Å². The van der Waals surface area contributed by atoms with Crippen molar-refractivity contribution in [3.63, 3.8) is 0 Å². The second kappa shape index (κ2) is 12.1. The predicted octanol–water partition coefficient (Wildman–Crippen LogP) is 6.26. The lowest BCUT2D eigenvalue weighted by molar-refractivity contribution is -0.254. The molecule has 0 aromatic rings. The summed E-state index contributed by atoms with van der Waals surface area (Å²) in [6.45, 7) is 23.9. The van der Waals surface area contributed by atoms with Crippen molar-refractivity contribution in [3.8, 4) is 0 Å². The molecule has 290 valence electrons. The first-order chi connectivity index (χ1) is 24.1. The van der Waals surface area contributed by atoms with Crippen LogP contribution in [0.4, 0.5) is 0 Å². The summed E-state index contributed by atoms with van der Waals surface area (Å²) in [4.78, 5) is 5.37. The van der Waals surface area contributed by atoms with Crippen LogP contribution in [0, 0.1) is 50.7 Å². The zero-order chi connectivity index (χ0) is 35.9. The van der Waals surface area contributed by atoms with E-state index in [4.69, 9.17) is 18.9 Å². The highest BCUT2D eigenvalue weighted by Crippen LogP contribution is 2.89. The number of hydrogen-bond acceptors (Lipinski definition) is 8. The van der Waals surface area contributed by atoms with Gasteiger partial charge in [-0.3, -0.25) is 9.80 Å². The van der Waals surface area contributed by atoms with Gasteiger partial charge in [0.25, 0.3) is 0 Å². The van der Waals surface area contributed by atoms with Gasteiger partial charge in [0.05, 0.1) is 36.6 Å². The maximum absolute atomic E-state index is 12.7. The molecular formula is C43H72N2O6. The molecule has 3 unspecified atom stereocenters. The summed E-state index contributed by atoms with van der Waals surface area (Å²) in [7, 11) is 0. The zero-order valence-electron chi connectivity index (χ0n) is 33.4. The van der Waals surface area contributed by atoms with Crippen LogP contribution in [0.15, 0.2) is 0 Å². The number of hydrogen-bond donors (Lipinski definition) is 2. The maximum Gasteiger partial charge on any atom is 0.170 e. The number of rotatable bonds is 8. The van der Waals surface area contributed by atoms with E-state index < -0.39 is 17.8 Å². The molecular weight excluding hydrogens is 640 g/mol. The normalized spacial score (nSPS) is 52.0. The number of aliphatic hydroxyl groups excluding tert-OH is 1. The van der Waals surface area contributed by atoms with E-state index >= 15 is 0 Å². The van der Waals surface area contributed by atoms with Crippen molar-refractivity contribution in [1.82, 2.24) is 9.80 Å². The van der Waals surface area contributed by atoms with Gasteiger partial charge in [0.2, 0.25) is 0 Å². The average molecular weight is 713 g/mol. The van der Waals surface area contributed by atoms with Crippen LogP contribution in [0.1, 0.15) is 126 Å². The fraction of sp³-hybridized carbons (Fsp3) is 1.00. The number of aliphatic hydroxyl groups is 2. The van der Waals surface area contributed by atoms with Crippen LogP contribution >= 0.6 is 0 Å². The van der Waals surface area contributed by atoms with Gasteiger partial charge in [-0.25, -0.2) is 0 Å². The summed E-state index contributed by atoms with van der Waals surface area (Å²) < 4.78 is 26.5. The van der Waals surface area contributed by atoms with Crippen LogP contribution in [0.25, 0.3) is 0 Å². The first-order valence-corrected chi connectivity index (χ1v) is 21.5. The van der Waals surface area contributed by atoms with Gasteiger partial charge >= 0.3 is 0 Å². The average Bonchev–Trinajstić information content (AvgIpc) is 3.66. The van der Waals surface area contributed by atoms with Crippen molar-refractivity contribution in [3.05, 3.63) is 0 Å². The van der Waals surface area contributed by atoms with Crippen molar-refractivity contribution in [2.24, 2.45) is 50.7 Å². The summed E-state index contributed by atoms with van der Waals surface area (Å²) in [5, 5.41) is 23.8. The quantitative estimate of drug-likeness (QED) is 0.306. The largest absolute Gasteiger partial charge is 0.390 e. The van der Waals surface area contributed by atoms with Crippen molar-refractivity contribution in [2.45, 2.75) is 181 Å². The van der Waals surface area contributed by atoms with E-state index in [0.29, 0.717) is 47.2 Å². The van der Waals surface area contributed by atoms with Gasteiger partial charge in [-0.05, 0) is 130 Å². The Morgan fingerprint density at radius 1 is 0.902 bits per heavy atom. The molecule has 3 saturated heterocycles. The summed E-state index contributed by atoms with van der Waals surface area (Å²) in [6.07, 6.45) is 12.5. The molecule has 0 aromatic carbocycles. The minimum Gasteiger partial charge on any atom is -0.390 e. The number of ether oxygens (including phenoxy) is 4. The summed E-state index contributed by atoms with van der Waals surface area (Å²) in [5.41, 5.74) is -0.399. The molecule has 0 amide bonds. The molecule has 2 spiro atoms. The smallest absolute Gasteiger partial charge is 0.170 e. The number of morpholine rings is 1. The van der Waals surface area contributed by atoms with Crippen molar-refractivity contribution in [1.29, 1.82) is 0 Å². The van der Waals surface area contributed by atoms with Crippen LogP contribution in [-0.4, -0.2) is 114 Å². The van der Waals surface area contributed by atoms with Crippen LogP contribution in [0.2, 0.25) is 0 Å². The van der Waals surface area contributed by atoms with Gasteiger partial charge in [-0.1, -0.05) is 41.0 Å². The van der Waals surface area contributed by atoms with Gasteiger partial charge in [0.1, 0.15) is 6.10 Å². The molecule has 8 nitrogen and oxygen atoms in total. The monoisotopic (exact) mass is 713 g/mol. The Morgan fingerprint density at radius 2 is 1.63 bits per heavy atom. The molecule has 8 heteroatoms. The Hall–Kier alpha value is -0.320.